The fourth-order valence-electron chi connectivity index (χ4n) is 3.30. The lowest BCUT2D eigenvalue weighted by molar-refractivity contribution is -0.134. The van der Waals surface area contributed by atoms with Gasteiger partial charge in [-0.25, -0.2) is 4.68 Å². The number of carbonyl (C=O) groups excluding carboxylic acids is 1. The van der Waals surface area contributed by atoms with Crippen LogP contribution in [0.5, 0.6) is 0 Å². The van der Waals surface area contributed by atoms with Gasteiger partial charge in [-0.3, -0.25) is 4.79 Å². The zero-order valence-corrected chi connectivity index (χ0v) is 16.6. The summed E-state index contributed by atoms with van der Waals surface area (Å²) in [6.07, 6.45) is 6.56. The average Bonchev–Trinajstić information content (AvgIpc) is 3.42. The molecule has 3 heterocycles. The van der Waals surface area contributed by atoms with E-state index in [1.807, 2.05) is 58.5 Å². The fourth-order valence-corrected chi connectivity index (χ4v) is 4.19. The van der Waals surface area contributed by atoms with Gasteiger partial charge in [0.1, 0.15) is 5.82 Å². The molecule has 1 saturated heterocycles. The van der Waals surface area contributed by atoms with Gasteiger partial charge in [-0.1, -0.05) is 18.2 Å². The zero-order valence-electron chi connectivity index (χ0n) is 15.7. The Balaban J connectivity index is 1.42. The minimum atomic E-state index is 0.224. The van der Waals surface area contributed by atoms with Gasteiger partial charge < -0.3 is 14.2 Å². The highest BCUT2D eigenvalue weighted by atomic mass is 32.2. The van der Waals surface area contributed by atoms with Crippen molar-refractivity contribution in [2.24, 2.45) is 0 Å². The van der Waals surface area contributed by atoms with Crippen LogP contribution in [0.25, 0.3) is 11.5 Å². The summed E-state index contributed by atoms with van der Waals surface area (Å²) in [4.78, 5) is 14.2. The van der Waals surface area contributed by atoms with Gasteiger partial charge >= 0.3 is 0 Å². The molecule has 0 spiro atoms. The number of amides is 1. The highest BCUT2D eigenvalue weighted by Crippen LogP contribution is 2.24. The maximum Gasteiger partial charge on any atom is 0.223 e. The van der Waals surface area contributed by atoms with Crippen molar-refractivity contribution in [1.82, 2.24) is 19.2 Å². The summed E-state index contributed by atoms with van der Waals surface area (Å²) in [7, 11) is 0. The molecule has 146 valence electrons. The number of aromatic nitrogens is 3. The number of thioether (sulfide) groups is 1. The number of para-hydroxylation sites is 1. The SMILES string of the molecule is O=C(CCSCc1cnn(-c2ccccc2)c1-n1cccc1)N1CCOCC1. The van der Waals surface area contributed by atoms with Crippen molar-refractivity contribution in [2.75, 3.05) is 32.1 Å². The smallest absolute Gasteiger partial charge is 0.223 e. The predicted octanol–water partition coefficient (Wildman–Crippen LogP) is 3.15. The molecule has 0 atom stereocenters. The molecule has 7 heteroatoms. The predicted molar refractivity (Wildman–Crippen MR) is 111 cm³/mol. The van der Waals surface area contributed by atoms with Crippen molar-refractivity contribution in [2.45, 2.75) is 12.2 Å². The van der Waals surface area contributed by atoms with Gasteiger partial charge in [0.2, 0.25) is 5.91 Å². The van der Waals surface area contributed by atoms with Crippen molar-refractivity contribution in [3.63, 3.8) is 0 Å². The molecular weight excluding hydrogens is 372 g/mol. The first-order chi connectivity index (χ1) is 13.8. The van der Waals surface area contributed by atoms with Gasteiger partial charge in [-0.05, 0) is 24.3 Å². The minimum absolute atomic E-state index is 0.224. The Kier molecular flexibility index (Phi) is 6.14. The van der Waals surface area contributed by atoms with E-state index < -0.39 is 0 Å². The number of ether oxygens (including phenoxy) is 1. The Morgan fingerprint density at radius 1 is 1.07 bits per heavy atom. The summed E-state index contributed by atoms with van der Waals surface area (Å²) in [6.45, 7) is 2.73. The first kappa shape index (κ1) is 18.8. The van der Waals surface area contributed by atoms with Crippen LogP contribution in [0, 0.1) is 0 Å². The lowest BCUT2D eigenvalue weighted by Crippen LogP contribution is -2.40. The van der Waals surface area contributed by atoms with E-state index >= 15 is 0 Å². The molecule has 0 bridgehead atoms. The summed E-state index contributed by atoms with van der Waals surface area (Å²) in [5, 5.41) is 4.62. The second kappa shape index (κ2) is 9.12. The molecule has 28 heavy (non-hydrogen) atoms. The third-order valence-corrected chi connectivity index (χ3v) is 5.76. The largest absolute Gasteiger partial charge is 0.378 e. The van der Waals surface area contributed by atoms with Crippen molar-refractivity contribution in [3.05, 3.63) is 66.6 Å². The van der Waals surface area contributed by atoms with E-state index in [0.29, 0.717) is 32.7 Å². The lowest BCUT2D eigenvalue weighted by Gasteiger charge is -2.26. The molecule has 0 N–H and O–H groups in total. The topological polar surface area (TPSA) is 52.3 Å². The normalized spacial score (nSPS) is 14.4. The third kappa shape index (κ3) is 4.31. The first-order valence-corrected chi connectivity index (χ1v) is 10.7. The quantitative estimate of drug-likeness (QED) is 0.576. The number of carbonyl (C=O) groups is 1. The molecule has 1 aliphatic heterocycles. The zero-order chi connectivity index (χ0) is 19.2. The molecule has 0 radical (unpaired) electrons. The van der Waals surface area contributed by atoms with Gasteiger partial charge in [0.05, 0.1) is 25.1 Å². The molecule has 6 nitrogen and oxygen atoms in total. The van der Waals surface area contributed by atoms with Crippen molar-refractivity contribution < 1.29 is 9.53 Å². The second-order valence-corrected chi connectivity index (χ2v) is 7.73. The highest BCUT2D eigenvalue weighted by molar-refractivity contribution is 7.98. The number of morpholine rings is 1. The standard InChI is InChI=1S/C21H24N4O2S/c26-20(23-11-13-27-14-12-23)8-15-28-17-18-16-22-25(19-6-2-1-3-7-19)21(18)24-9-4-5-10-24/h1-7,9-10,16H,8,11-15,17H2. The van der Waals surface area contributed by atoms with E-state index in [4.69, 9.17) is 4.74 Å². The minimum Gasteiger partial charge on any atom is -0.378 e. The molecular formula is C21H24N4O2S. The number of benzene rings is 1. The Labute approximate surface area is 169 Å². The summed E-state index contributed by atoms with van der Waals surface area (Å²) in [5.74, 6) is 2.89. The molecule has 0 aliphatic carbocycles. The molecule has 1 amide bonds. The van der Waals surface area contributed by atoms with Crippen molar-refractivity contribution in [1.29, 1.82) is 0 Å². The lowest BCUT2D eigenvalue weighted by atomic mass is 10.3. The average molecular weight is 397 g/mol. The maximum atomic E-state index is 12.3. The number of hydrogen-bond donors (Lipinski definition) is 0. The van der Waals surface area contributed by atoms with Crippen LogP contribution in [0.15, 0.2) is 61.1 Å². The fraction of sp³-hybridized carbons (Fsp3) is 0.333. The van der Waals surface area contributed by atoms with Gasteiger partial charge in [0.15, 0.2) is 0 Å². The molecule has 0 saturated carbocycles. The van der Waals surface area contributed by atoms with Crippen LogP contribution >= 0.6 is 11.8 Å². The molecule has 1 aliphatic rings. The summed E-state index contributed by atoms with van der Waals surface area (Å²) < 4.78 is 9.37. The van der Waals surface area contributed by atoms with Crippen LogP contribution in [0.3, 0.4) is 0 Å². The molecule has 3 aromatic rings. The number of rotatable bonds is 7. The monoisotopic (exact) mass is 396 g/mol. The van der Waals surface area contributed by atoms with Crippen LogP contribution < -0.4 is 0 Å². The highest BCUT2D eigenvalue weighted by Gasteiger charge is 2.17. The van der Waals surface area contributed by atoms with Crippen LogP contribution in [0.1, 0.15) is 12.0 Å². The maximum absolute atomic E-state index is 12.3. The molecule has 1 aromatic carbocycles. The molecule has 0 unspecified atom stereocenters. The van der Waals surface area contributed by atoms with Crippen LogP contribution in [-0.4, -0.2) is 57.2 Å². The van der Waals surface area contributed by atoms with Gasteiger partial charge in [0.25, 0.3) is 0 Å². The van der Waals surface area contributed by atoms with Gasteiger partial charge in [-0.15, -0.1) is 0 Å². The van der Waals surface area contributed by atoms with Crippen molar-refractivity contribution >= 4 is 17.7 Å². The molecule has 4 rings (SSSR count). The van der Waals surface area contributed by atoms with Crippen LogP contribution in [-0.2, 0) is 15.3 Å². The molecule has 1 fully saturated rings. The van der Waals surface area contributed by atoms with E-state index in [2.05, 4.69) is 21.8 Å². The van der Waals surface area contributed by atoms with Gasteiger partial charge in [-0.2, -0.15) is 16.9 Å². The number of nitrogens with zero attached hydrogens (tertiary/aromatic N) is 4. The van der Waals surface area contributed by atoms with E-state index in [1.54, 1.807) is 11.8 Å². The Hall–Kier alpha value is -2.51. The summed E-state index contributed by atoms with van der Waals surface area (Å²) in [5.41, 5.74) is 2.19. The van der Waals surface area contributed by atoms with E-state index in [0.717, 1.165) is 28.6 Å². The second-order valence-electron chi connectivity index (χ2n) is 6.63. The number of hydrogen-bond acceptors (Lipinski definition) is 4. The first-order valence-electron chi connectivity index (χ1n) is 9.52. The summed E-state index contributed by atoms with van der Waals surface area (Å²) >= 11 is 1.77. The Bertz CT molecular complexity index is 887. The van der Waals surface area contributed by atoms with Crippen LogP contribution in [0.4, 0.5) is 0 Å². The summed E-state index contributed by atoms with van der Waals surface area (Å²) in [6, 6.07) is 14.2. The van der Waals surface area contributed by atoms with E-state index in [1.165, 1.54) is 0 Å². The van der Waals surface area contributed by atoms with E-state index in [9.17, 15) is 4.79 Å². The third-order valence-electron chi connectivity index (χ3n) is 4.75. The van der Waals surface area contributed by atoms with Gasteiger partial charge in [0, 0.05) is 49.0 Å². The van der Waals surface area contributed by atoms with Crippen molar-refractivity contribution in [3.8, 4) is 11.5 Å². The Morgan fingerprint density at radius 3 is 2.57 bits per heavy atom. The van der Waals surface area contributed by atoms with Crippen LogP contribution in [0.2, 0.25) is 0 Å². The molecule has 2 aromatic heterocycles. The Morgan fingerprint density at radius 2 is 1.82 bits per heavy atom. The van der Waals surface area contributed by atoms with E-state index in [-0.39, 0.29) is 5.91 Å².